The lowest BCUT2D eigenvalue weighted by molar-refractivity contribution is 0.0956. The lowest BCUT2D eigenvalue weighted by atomic mass is 9.83. The van der Waals surface area contributed by atoms with Crippen LogP contribution in [0.2, 0.25) is 0 Å². The van der Waals surface area contributed by atoms with Crippen LogP contribution in [-0.4, -0.2) is 36.3 Å². The first-order chi connectivity index (χ1) is 21.8. The first kappa shape index (κ1) is 32.7. The standard InChI is InChI=1S/C36H34F2N2O5S/c1-36(2,3)29-14-11-24(12-15-29)30(19-23-7-9-25(10-8-23)35(41)39-17-18-46(42,43)44)33-22-34(45-40-33)28-6-4-5-26(20-28)27-13-16-31(37)32(38)21-27/h4-16,20-22,30H,17-19H2,1-3H3,(H,39,41)(H,42,43,44). The molecule has 7 nitrogen and oxygen atoms in total. The van der Waals surface area contributed by atoms with E-state index in [1.807, 2.05) is 42.5 Å². The second kappa shape index (κ2) is 13.4. The van der Waals surface area contributed by atoms with E-state index in [1.54, 1.807) is 12.1 Å². The molecule has 1 amide bonds. The molecule has 0 spiro atoms. The van der Waals surface area contributed by atoms with Gasteiger partial charge in [-0.05, 0) is 70.0 Å². The summed E-state index contributed by atoms with van der Waals surface area (Å²) in [6.07, 6.45) is 0.542. The predicted octanol–water partition coefficient (Wildman–Crippen LogP) is 7.58. The monoisotopic (exact) mass is 644 g/mol. The highest BCUT2D eigenvalue weighted by molar-refractivity contribution is 7.85. The molecule has 1 heterocycles. The molecule has 4 aromatic carbocycles. The van der Waals surface area contributed by atoms with Gasteiger partial charge < -0.3 is 9.84 Å². The smallest absolute Gasteiger partial charge is 0.266 e. The number of benzene rings is 4. The summed E-state index contributed by atoms with van der Waals surface area (Å²) in [5, 5.41) is 6.93. The number of amides is 1. The summed E-state index contributed by atoms with van der Waals surface area (Å²) in [6, 6.07) is 28.4. The van der Waals surface area contributed by atoms with E-state index in [0.29, 0.717) is 34.6 Å². The molecular formula is C36H34F2N2O5S. The van der Waals surface area contributed by atoms with Crippen molar-refractivity contribution in [1.29, 1.82) is 0 Å². The largest absolute Gasteiger partial charge is 0.356 e. The average Bonchev–Trinajstić information content (AvgIpc) is 3.51. The molecule has 0 aliphatic heterocycles. The molecule has 1 atom stereocenters. The number of nitrogens with zero attached hydrogens (tertiary/aromatic N) is 1. The highest BCUT2D eigenvalue weighted by Gasteiger charge is 2.22. The summed E-state index contributed by atoms with van der Waals surface area (Å²) in [5.74, 6) is -2.52. The van der Waals surface area contributed by atoms with E-state index in [9.17, 15) is 22.0 Å². The maximum absolute atomic E-state index is 13.9. The molecule has 0 saturated heterocycles. The van der Waals surface area contributed by atoms with Gasteiger partial charge in [0.1, 0.15) is 0 Å². The molecule has 0 aliphatic carbocycles. The summed E-state index contributed by atoms with van der Waals surface area (Å²) >= 11 is 0. The van der Waals surface area contributed by atoms with E-state index in [1.165, 1.54) is 11.6 Å². The van der Waals surface area contributed by atoms with Crippen LogP contribution in [-0.2, 0) is 22.0 Å². The molecule has 0 bridgehead atoms. The Morgan fingerprint density at radius 2 is 1.54 bits per heavy atom. The predicted molar refractivity (Wildman–Crippen MR) is 173 cm³/mol. The van der Waals surface area contributed by atoms with Gasteiger partial charge in [-0.1, -0.05) is 86.6 Å². The maximum Gasteiger partial charge on any atom is 0.266 e. The van der Waals surface area contributed by atoms with Crippen molar-refractivity contribution in [3.05, 3.63) is 137 Å². The van der Waals surface area contributed by atoms with E-state index in [0.717, 1.165) is 28.8 Å². The van der Waals surface area contributed by atoms with Crippen molar-refractivity contribution in [3.8, 4) is 22.5 Å². The first-order valence-electron chi connectivity index (χ1n) is 14.7. The number of aromatic nitrogens is 1. The van der Waals surface area contributed by atoms with Gasteiger partial charge >= 0.3 is 0 Å². The number of carbonyl (C=O) groups is 1. The summed E-state index contributed by atoms with van der Waals surface area (Å²) in [7, 11) is -4.17. The second-order valence-electron chi connectivity index (χ2n) is 12.2. The number of carbonyl (C=O) groups excluding carboxylic acids is 1. The Morgan fingerprint density at radius 3 is 2.20 bits per heavy atom. The van der Waals surface area contributed by atoms with Crippen molar-refractivity contribution in [3.63, 3.8) is 0 Å². The van der Waals surface area contributed by atoms with Crippen LogP contribution in [0.5, 0.6) is 0 Å². The minimum Gasteiger partial charge on any atom is -0.356 e. The molecule has 0 fully saturated rings. The van der Waals surface area contributed by atoms with Crippen LogP contribution in [0.25, 0.3) is 22.5 Å². The van der Waals surface area contributed by atoms with Gasteiger partial charge in [0.25, 0.3) is 16.0 Å². The van der Waals surface area contributed by atoms with Crippen molar-refractivity contribution >= 4 is 16.0 Å². The Labute approximate surface area is 267 Å². The molecule has 1 unspecified atom stereocenters. The Hall–Kier alpha value is -4.67. The molecule has 0 radical (unpaired) electrons. The molecule has 0 aliphatic rings. The SMILES string of the molecule is CC(C)(C)c1ccc(C(Cc2ccc(C(=O)NCCS(=O)(=O)O)cc2)c2cc(-c3cccc(-c4ccc(F)c(F)c4)c3)on2)cc1. The van der Waals surface area contributed by atoms with Crippen LogP contribution < -0.4 is 5.32 Å². The molecule has 46 heavy (non-hydrogen) atoms. The van der Waals surface area contributed by atoms with Gasteiger partial charge in [0, 0.05) is 29.7 Å². The van der Waals surface area contributed by atoms with Gasteiger partial charge in [-0.2, -0.15) is 8.42 Å². The van der Waals surface area contributed by atoms with Gasteiger partial charge in [0.15, 0.2) is 17.4 Å². The quantitative estimate of drug-likeness (QED) is 0.152. The van der Waals surface area contributed by atoms with Crippen LogP contribution in [0.15, 0.2) is 102 Å². The van der Waals surface area contributed by atoms with Crippen molar-refractivity contribution in [2.24, 2.45) is 0 Å². The van der Waals surface area contributed by atoms with Crippen LogP contribution in [0.3, 0.4) is 0 Å². The third-order valence-corrected chi connectivity index (χ3v) is 8.49. The van der Waals surface area contributed by atoms with Crippen molar-refractivity contribution in [2.45, 2.75) is 38.5 Å². The first-order valence-corrected chi connectivity index (χ1v) is 16.3. The van der Waals surface area contributed by atoms with Gasteiger partial charge in [0.05, 0.1) is 11.4 Å². The van der Waals surface area contributed by atoms with Crippen LogP contribution in [0.1, 0.15) is 59.4 Å². The molecule has 0 saturated carbocycles. The van der Waals surface area contributed by atoms with Crippen molar-refractivity contribution in [2.75, 3.05) is 12.3 Å². The molecule has 238 valence electrons. The van der Waals surface area contributed by atoms with E-state index >= 15 is 0 Å². The van der Waals surface area contributed by atoms with Gasteiger partial charge in [-0.15, -0.1) is 0 Å². The second-order valence-corrected chi connectivity index (χ2v) is 13.8. The molecular weight excluding hydrogens is 610 g/mol. The molecule has 5 rings (SSSR count). The summed E-state index contributed by atoms with van der Waals surface area (Å²) in [5.41, 5.74) is 6.14. The van der Waals surface area contributed by atoms with Gasteiger partial charge in [-0.25, -0.2) is 8.78 Å². The highest BCUT2D eigenvalue weighted by atomic mass is 32.2. The van der Waals surface area contributed by atoms with Crippen molar-refractivity contribution < 1.29 is 31.1 Å². The summed E-state index contributed by atoms with van der Waals surface area (Å²) in [4.78, 5) is 12.5. The third-order valence-electron chi connectivity index (χ3n) is 7.77. The Morgan fingerprint density at radius 1 is 0.870 bits per heavy atom. The Balaban J connectivity index is 1.42. The van der Waals surface area contributed by atoms with Gasteiger partial charge in [0.2, 0.25) is 0 Å². The lowest BCUT2D eigenvalue weighted by Crippen LogP contribution is -2.28. The zero-order valence-electron chi connectivity index (χ0n) is 25.6. The third kappa shape index (κ3) is 8.13. The fraction of sp³-hybridized carbons (Fsp3) is 0.222. The molecule has 1 aromatic heterocycles. The van der Waals surface area contributed by atoms with E-state index in [4.69, 9.17) is 9.08 Å². The number of hydrogen-bond donors (Lipinski definition) is 2. The minimum absolute atomic E-state index is 0.0225. The Kier molecular flexibility index (Phi) is 9.50. The zero-order chi connectivity index (χ0) is 33.1. The minimum atomic E-state index is -4.17. The van der Waals surface area contributed by atoms with Crippen LogP contribution in [0, 0.1) is 11.6 Å². The Bertz CT molecular complexity index is 1950. The summed E-state index contributed by atoms with van der Waals surface area (Å²) < 4.78 is 64.0. The fourth-order valence-electron chi connectivity index (χ4n) is 5.15. The normalized spacial score (nSPS) is 12.6. The van der Waals surface area contributed by atoms with E-state index in [2.05, 4.69) is 55.5 Å². The number of hydrogen-bond acceptors (Lipinski definition) is 5. The van der Waals surface area contributed by atoms with Crippen molar-refractivity contribution in [1.82, 2.24) is 10.5 Å². The maximum atomic E-state index is 13.9. The topological polar surface area (TPSA) is 110 Å². The zero-order valence-corrected chi connectivity index (χ0v) is 26.4. The molecule has 5 aromatic rings. The number of rotatable bonds is 10. The van der Waals surface area contributed by atoms with Gasteiger partial charge in [-0.3, -0.25) is 9.35 Å². The lowest BCUT2D eigenvalue weighted by Gasteiger charge is -2.21. The number of nitrogens with one attached hydrogen (secondary N) is 1. The van der Waals surface area contributed by atoms with E-state index in [-0.39, 0.29) is 17.9 Å². The number of halogens is 2. The molecule has 10 heteroatoms. The summed E-state index contributed by atoms with van der Waals surface area (Å²) in [6.45, 7) is 6.25. The molecule has 2 N–H and O–H groups in total. The fourth-order valence-corrected chi connectivity index (χ4v) is 5.51. The average molecular weight is 645 g/mol. The highest BCUT2D eigenvalue weighted by Crippen LogP contribution is 2.34. The van der Waals surface area contributed by atoms with Crippen LogP contribution >= 0.6 is 0 Å². The van der Waals surface area contributed by atoms with Crippen LogP contribution in [0.4, 0.5) is 8.78 Å². The van der Waals surface area contributed by atoms with E-state index < -0.39 is 33.4 Å².